The van der Waals surface area contributed by atoms with Crippen LogP contribution in [0.4, 0.5) is 0 Å². The number of hydrogen-bond acceptors (Lipinski definition) is 1. The van der Waals surface area contributed by atoms with Crippen molar-refractivity contribution in [3.8, 4) is 0 Å². The molecule has 0 aromatic heterocycles. The molecule has 2 aliphatic carbocycles. The maximum Gasteiger partial charge on any atom is 0.133 e. The van der Waals surface area contributed by atoms with Gasteiger partial charge in [-0.05, 0) is 30.1 Å². The SMILES string of the molecule is CC(C)(C)C1=CC2CC(=O)CC(C1)C2. The second kappa shape index (κ2) is 3.22. The van der Waals surface area contributed by atoms with E-state index in [1.54, 1.807) is 5.57 Å². The van der Waals surface area contributed by atoms with Gasteiger partial charge in [-0.3, -0.25) is 4.79 Å². The molecule has 0 aromatic rings. The molecule has 0 heterocycles. The molecule has 2 atom stereocenters. The summed E-state index contributed by atoms with van der Waals surface area (Å²) in [5.74, 6) is 1.69. The summed E-state index contributed by atoms with van der Waals surface area (Å²) >= 11 is 0. The third-order valence-corrected chi connectivity index (χ3v) is 3.55. The van der Waals surface area contributed by atoms with Gasteiger partial charge in [-0.2, -0.15) is 0 Å². The zero-order valence-corrected chi connectivity index (χ0v) is 9.47. The largest absolute Gasteiger partial charge is 0.300 e. The molecule has 78 valence electrons. The summed E-state index contributed by atoms with van der Waals surface area (Å²) in [5, 5.41) is 0. The maximum absolute atomic E-state index is 11.4. The summed E-state index contributed by atoms with van der Waals surface area (Å²) in [5.41, 5.74) is 1.88. The van der Waals surface area contributed by atoms with Crippen LogP contribution in [-0.4, -0.2) is 5.78 Å². The van der Waals surface area contributed by atoms with Crippen molar-refractivity contribution in [2.45, 2.75) is 46.5 Å². The van der Waals surface area contributed by atoms with Crippen LogP contribution in [0.5, 0.6) is 0 Å². The van der Waals surface area contributed by atoms with E-state index in [1.165, 1.54) is 6.42 Å². The topological polar surface area (TPSA) is 17.1 Å². The normalized spacial score (nSPS) is 32.8. The van der Waals surface area contributed by atoms with Crippen molar-refractivity contribution in [2.24, 2.45) is 17.3 Å². The van der Waals surface area contributed by atoms with Gasteiger partial charge >= 0.3 is 0 Å². The average molecular weight is 192 g/mol. The molecule has 0 N–H and O–H groups in total. The van der Waals surface area contributed by atoms with Crippen LogP contribution in [0.2, 0.25) is 0 Å². The first-order valence-corrected chi connectivity index (χ1v) is 5.68. The van der Waals surface area contributed by atoms with E-state index in [4.69, 9.17) is 0 Å². The molecular weight excluding hydrogens is 172 g/mol. The van der Waals surface area contributed by atoms with E-state index in [1.807, 2.05) is 0 Å². The van der Waals surface area contributed by atoms with Crippen LogP contribution in [0.3, 0.4) is 0 Å². The molecule has 0 aromatic carbocycles. The van der Waals surface area contributed by atoms with Crippen LogP contribution < -0.4 is 0 Å². The molecule has 2 bridgehead atoms. The van der Waals surface area contributed by atoms with E-state index in [0.29, 0.717) is 23.0 Å². The van der Waals surface area contributed by atoms with Crippen molar-refractivity contribution < 1.29 is 4.79 Å². The molecule has 1 fully saturated rings. The first-order valence-electron chi connectivity index (χ1n) is 5.68. The summed E-state index contributed by atoms with van der Waals surface area (Å²) in [7, 11) is 0. The molecule has 0 spiro atoms. The van der Waals surface area contributed by atoms with E-state index >= 15 is 0 Å². The highest BCUT2D eigenvalue weighted by atomic mass is 16.1. The van der Waals surface area contributed by atoms with Crippen LogP contribution in [0.1, 0.15) is 46.5 Å². The third kappa shape index (κ3) is 1.92. The minimum absolute atomic E-state index is 0.303. The zero-order chi connectivity index (χ0) is 10.3. The molecule has 14 heavy (non-hydrogen) atoms. The average Bonchev–Trinajstić information content (AvgIpc) is 1.99. The smallest absolute Gasteiger partial charge is 0.133 e. The Kier molecular flexibility index (Phi) is 2.29. The number of carbonyl (C=O) groups is 1. The van der Waals surface area contributed by atoms with Gasteiger partial charge in [0, 0.05) is 12.8 Å². The van der Waals surface area contributed by atoms with Crippen LogP contribution in [-0.2, 0) is 4.79 Å². The highest BCUT2D eigenvalue weighted by molar-refractivity contribution is 5.80. The van der Waals surface area contributed by atoms with E-state index in [2.05, 4.69) is 26.8 Å². The lowest BCUT2D eigenvalue weighted by Crippen LogP contribution is -2.28. The predicted octanol–water partition coefficient (Wildman–Crippen LogP) is 3.35. The summed E-state index contributed by atoms with van der Waals surface area (Å²) in [4.78, 5) is 11.4. The van der Waals surface area contributed by atoms with Gasteiger partial charge in [-0.1, -0.05) is 32.4 Å². The van der Waals surface area contributed by atoms with Crippen LogP contribution in [0.25, 0.3) is 0 Å². The Morgan fingerprint density at radius 1 is 1.21 bits per heavy atom. The number of carbonyl (C=O) groups excluding carboxylic acids is 1. The number of ketones is 1. The third-order valence-electron chi connectivity index (χ3n) is 3.55. The number of Topliss-reactive ketones (excluding diaryl/α,β-unsaturated/α-hetero) is 1. The van der Waals surface area contributed by atoms with Crippen molar-refractivity contribution in [3.63, 3.8) is 0 Å². The van der Waals surface area contributed by atoms with Gasteiger partial charge in [-0.15, -0.1) is 0 Å². The van der Waals surface area contributed by atoms with Crippen molar-refractivity contribution >= 4 is 5.78 Å². The molecule has 0 amide bonds. The molecule has 0 radical (unpaired) electrons. The Hall–Kier alpha value is -0.590. The Bertz CT molecular complexity index is 280. The van der Waals surface area contributed by atoms with Crippen molar-refractivity contribution in [2.75, 3.05) is 0 Å². The van der Waals surface area contributed by atoms with Gasteiger partial charge in [0.25, 0.3) is 0 Å². The van der Waals surface area contributed by atoms with Crippen molar-refractivity contribution in [1.29, 1.82) is 0 Å². The minimum Gasteiger partial charge on any atom is -0.300 e. The Labute approximate surface area is 86.6 Å². The molecule has 1 saturated carbocycles. The van der Waals surface area contributed by atoms with Gasteiger partial charge in [-0.25, -0.2) is 0 Å². The van der Waals surface area contributed by atoms with Gasteiger partial charge in [0.2, 0.25) is 0 Å². The molecule has 1 heteroatoms. The van der Waals surface area contributed by atoms with Crippen LogP contribution in [0.15, 0.2) is 11.6 Å². The second-order valence-electron chi connectivity index (χ2n) is 5.95. The van der Waals surface area contributed by atoms with E-state index in [-0.39, 0.29) is 0 Å². The Balaban J connectivity index is 2.21. The van der Waals surface area contributed by atoms with Crippen molar-refractivity contribution in [1.82, 2.24) is 0 Å². The predicted molar refractivity (Wildman–Crippen MR) is 58.0 cm³/mol. The fourth-order valence-electron chi connectivity index (χ4n) is 2.79. The Morgan fingerprint density at radius 3 is 2.50 bits per heavy atom. The molecule has 2 unspecified atom stereocenters. The lowest BCUT2D eigenvalue weighted by atomic mass is 9.68. The number of fused-ring (bicyclic) bond motifs is 2. The molecule has 0 saturated heterocycles. The van der Waals surface area contributed by atoms with E-state index < -0.39 is 0 Å². The molecule has 2 rings (SSSR count). The molecule has 1 nitrogen and oxygen atoms in total. The van der Waals surface area contributed by atoms with Crippen LogP contribution >= 0.6 is 0 Å². The summed E-state index contributed by atoms with van der Waals surface area (Å²) in [6.45, 7) is 6.84. The Morgan fingerprint density at radius 2 is 1.93 bits per heavy atom. The summed E-state index contributed by atoms with van der Waals surface area (Å²) in [6, 6.07) is 0. The van der Waals surface area contributed by atoms with Gasteiger partial charge in [0.15, 0.2) is 0 Å². The fraction of sp³-hybridized carbons (Fsp3) is 0.769. The molecule has 2 aliphatic rings. The standard InChI is InChI=1S/C13H20O/c1-13(2,3)11-5-9-4-10(6-11)8-12(14)7-9/h5,9-10H,4,6-8H2,1-3H3. The van der Waals surface area contributed by atoms with Crippen molar-refractivity contribution in [3.05, 3.63) is 11.6 Å². The lowest BCUT2D eigenvalue weighted by molar-refractivity contribution is -0.122. The first-order chi connectivity index (χ1) is 6.45. The second-order valence-corrected chi connectivity index (χ2v) is 5.95. The number of rotatable bonds is 0. The van der Waals surface area contributed by atoms with Gasteiger partial charge in [0.05, 0.1) is 0 Å². The van der Waals surface area contributed by atoms with Gasteiger partial charge < -0.3 is 0 Å². The van der Waals surface area contributed by atoms with E-state index in [9.17, 15) is 4.79 Å². The lowest BCUT2D eigenvalue weighted by Gasteiger charge is -2.37. The van der Waals surface area contributed by atoms with E-state index in [0.717, 1.165) is 19.3 Å². The van der Waals surface area contributed by atoms with Crippen LogP contribution in [0, 0.1) is 17.3 Å². The highest BCUT2D eigenvalue weighted by Gasteiger charge is 2.33. The highest BCUT2D eigenvalue weighted by Crippen LogP contribution is 2.43. The monoisotopic (exact) mass is 192 g/mol. The number of allylic oxidation sites excluding steroid dienone is 2. The zero-order valence-electron chi connectivity index (χ0n) is 9.47. The molecule has 0 aliphatic heterocycles. The maximum atomic E-state index is 11.4. The minimum atomic E-state index is 0.303. The quantitative estimate of drug-likeness (QED) is 0.538. The summed E-state index contributed by atoms with van der Waals surface area (Å²) < 4.78 is 0. The van der Waals surface area contributed by atoms with Gasteiger partial charge in [0.1, 0.15) is 5.78 Å². The number of hydrogen-bond donors (Lipinski definition) is 0. The molecular formula is C13H20O. The summed E-state index contributed by atoms with van der Waals surface area (Å²) in [6.07, 6.45) is 6.44. The first kappa shape index (κ1) is 9.95. The fourth-order valence-corrected chi connectivity index (χ4v) is 2.79.